The molecule has 0 aliphatic carbocycles. The fourth-order valence-corrected chi connectivity index (χ4v) is 14.6. The Hall–Kier alpha value is 1.16. The summed E-state index contributed by atoms with van der Waals surface area (Å²) in [6, 6.07) is 0. The van der Waals surface area contributed by atoms with Crippen molar-refractivity contribution in [2.24, 2.45) is 39.9 Å². The van der Waals surface area contributed by atoms with Crippen molar-refractivity contribution in [3.63, 3.8) is 0 Å². The van der Waals surface area contributed by atoms with Crippen molar-refractivity contribution < 1.29 is 0 Å². The summed E-state index contributed by atoms with van der Waals surface area (Å²) >= 11 is 71.7. The second kappa shape index (κ2) is 15.5. The molecule has 0 unspecified atom stereocenters. The van der Waals surface area contributed by atoms with Gasteiger partial charge in [-0.3, -0.25) is 0 Å². The monoisotopic (exact) mass is 1580 g/mol. The van der Waals surface area contributed by atoms with Gasteiger partial charge >= 0.3 is 0 Å². The highest BCUT2D eigenvalue weighted by atomic mass is 79.9. The first-order chi connectivity index (χ1) is 26.4. The molecule has 9 rings (SSSR count). The van der Waals surface area contributed by atoms with Gasteiger partial charge in [-0.25, -0.2) is 39.9 Å². The Morgan fingerprint density at radius 3 is 0.464 bits per heavy atom. The number of hydrogen-bond acceptors (Lipinski definition) is 8. The lowest BCUT2D eigenvalue weighted by molar-refractivity contribution is 1.45. The molecule has 4 aromatic carbocycles. The lowest BCUT2D eigenvalue weighted by Gasteiger charge is -2.13. The average molecular weight is 1600 g/mol. The third kappa shape index (κ3) is 6.23. The molecule has 0 fully saturated rings. The quantitative estimate of drug-likeness (QED) is 0.124. The van der Waals surface area contributed by atoms with Gasteiger partial charge in [-0.1, -0.05) is 46.4 Å². The molecule has 0 spiro atoms. The fourth-order valence-electron chi connectivity index (χ4n) is 6.10. The molecule has 0 radical (unpaired) electrons. The largest absolute Gasteiger partial charge is 0.208 e. The van der Waals surface area contributed by atoms with Crippen LogP contribution >= 0.6 is 238 Å². The van der Waals surface area contributed by atoms with E-state index in [2.05, 4.69) is 191 Å². The molecule has 0 aromatic heterocycles. The third-order valence-corrected chi connectivity index (χ3v) is 23.5. The lowest BCUT2D eigenvalue weighted by Crippen LogP contribution is -2.07. The van der Waals surface area contributed by atoms with Crippen LogP contribution in [0.25, 0.3) is 0 Å². The van der Waals surface area contributed by atoms with Crippen molar-refractivity contribution in [3.8, 4) is 0 Å². The zero-order valence-corrected chi connectivity index (χ0v) is 47.7. The van der Waals surface area contributed by atoms with Crippen molar-refractivity contribution in [2.75, 3.05) is 0 Å². The summed E-state index contributed by atoms with van der Waals surface area (Å²) in [6.07, 6.45) is 0. The normalized spacial score (nSPS) is 16.0. The van der Waals surface area contributed by atoms with Crippen LogP contribution in [0.2, 0.25) is 20.1 Å². The van der Waals surface area contributed by atoms with Gasteiger partial charge in [0.05, 0.1) is 38.0 Å². The summed E-state index contributed by atoms with van der Waals surface area (Å²) in [6.45, 7) is 0. The predicted molar refractivity (Wildman–Crippen MR) is 271 cm³/mol. The number of fused-ring (bicyclic) bond motifs is 16. The van der Waals surface area contributed by atoms with Gasteiger partial charge in [-0.2, -0.15) is 0 Å². The average Bonchev–Trinajstić information content (AvgIpc) is 3.92. The number of amidine groups is 8. The Labute approximate surface area is 435 Å². The van der Waals surface area contributed by atoms with Gasteiger partial charge in [0.15, 0.2) is 46.7 Å². The van der Waals surface area contributed by atoms with Crippen LogP contribution in [-0.4, -0.2) is 46.7 Å². The van der Waals surface area contributed by atoms with Crippen molar-refractivity contribution in [2.45, 2.75) is 0 Å². The number of benzene rings is 4. The highest BCUT2D eigenvalue weighted by Crippen LogP contribution is 2.50. The van der Waals surface area contributed by atoms with Crippen LogP contribution in [0.1, 0.15) is 44.5 Å². The number of nitrogens with zero attached hydrogens (tertiary/aromatic N) is 8. The van der Waals surface area contributed by atoms with Gasteiger partial charge < -0.3 is 0 Å². The van der Waals surface area contributed by atoms with Gasteiger partial charge in [0.25, 0.3) is 0 Å². The fraction of sp³-hybridized carbons (Fsp3) is 0. The Morgan fingerprint density at radius 1 is 0.196 bits per heavy atom. The smallest absolute Gasteiger partial charge is 0.166 e. The van der Waals surface area contributed by atoms with E-state index in [1.54, 1.807) is 0 Å². The molecule has 5 aliphatic rings. The molecule has 0 saturated heterocycles. The number of rotatable bonds is 0. The van der Waals surface area contributed by atoms with E-state index in [-0.39, 0.29) is 46.7 Å². The first-order valence-electron chi connectivity index (χ1n) is 14.6. The van der Waals surface area contributed by atoms with E-state index < -0.39 is 0 Å². The van der Waals surface area contributed by atoms with Crippen LogP contribution in [0.4, 0.5) is 0 Å². The molecular formula is C32Br12Cl4N8. The zero-order valence-electron chi connectivity index (χ0n) is 25.6. The van der Waals surface area contributed by atoms with Crippen LogP contribution in [0.3, 0.4) is 0 Å². The Kier molecular flexibility index (Phi) is 11.7. The minimum absolute atomic E-state index is 0.249. The highest BCUT2D eigenvalue weighted by Gasteiger charge is 2.39. The van der Waals surface area contributed by atoms with Gasteiger partial charge in [-0.05, 0) is 191 Å². The maximum absolute atomic E-state index is 6.85. The Balaban J connectivity index is 1.47. The number of hydrogen-bond donors (Lipinski definition) is 0. The molecule has 5 aliphatic heterocycles. The lowest BCUT2D eigenvalue weighted by atomic mass is 10.1. The van der Waals surface area contributed by atoms with Crippen LogP contribution < -0.4 is 0 Å². The van der Waals surface area contributed by atoms with E-state index in [4.69, 9.17) is 86.3 Å². The maximum atomic E-state index is 6.85. The SMILES string of the molecule is Clc1c(Br)c(Br)c2c(c1Br)C1=NC3=NC(=NC4=NC(=NC5=NC(=NC2=N1)c1c(Br)c(Cl)c(Br)c(Br)c15)c1c(Br)c(Cl)c(Br)c(Br)c14)c1c(Br)c(Cl)c(Br)c(Br)c13. The molecule has 8 bridgehead atoms. The summed E-state index contributed by atoms with van der Waals surface area (Å²) in [5, 5.41) is 1.53. The minimum Gasteiger partial charge on any atom is -0.208 e. The van der Waals surface area contributed by atoms with E-state index >= 15 is 0 Å². The van der Waals surface area contributed by atoms with Crippen LogP contribution in [0, 0.1) is 0 Å². The second-order valence-corrected chi connectivity index (χ2v) is 22.5. The van der Waals surface area contributed by atoms with Gasteiger partial charge in [-0.15, -0.1) is 0 Å². The molecule has 5 heterocycles. The number of halogens is 16. The standard InChI is InChI=1S/C32Br12Cl4N8/c33-9-1-5(13(37)21(45)17(9)41)29-49-25(1)53-30-6-2(10(34)18(42)22(46)14(6)38)27(50-30)55-32-8-4(12(36)20(44)24(48)16(8)40)28(52-32)56-31-7-3(26(51-31)54-29)11(35)19(43)23(47)15(7)39. The van der Waals surface area contributed by atoms with Crippen molar-refractivity contribution in [3.05, 3.63) is 118 Å². The zero-order chi connectivity index (χ0) is 40.1. The summed E-state index contributed by atoms with van der Waals surface area (Å²) in [5.41, 5.74) is 4.53. The summed E-state index contributed by atoms with van der Waals surface area (Å²) in [5.74, 6) is 2.04. The van der Waals surface area contributed by atoms with E-state index in [9.17, 15) is 0 Å². The molecule has 4 aromatic rings. The molecule has 280 valence electrons. The summed E-state index contributed by atoms with van der Waals surface area (Å²) in [4.78, 5) is 40.3. The first kappa shape index (κ1) is 42.5. The van der Waals surface area contributed by atoms with E-state index in [0.29, 0.717) is 118 Å². The van der Waals surface area contributed by atoms with Gasteiger partial charge in [0.1, 0.15) is 0 Å². The topological polar surface area (TPSA) is 98.9 Å². The molecule has 0 saturated carbocycles. The molecule has 8 nitrogen and oxygen atoms in total. The molecule has 0 N–H and O–H groups in total. The molecule has 56 heavy (non-hydrogen) atoms. The van der Waals surface area contributed by atoms with Crippen molar-refractivity contribution in [1.29, 1.82) is 0 Å². The van der Waals surface area contributed by atoms with Crippen molar-refractivity contribution in [1.82, 2.24) is 0 Å². The van der Waals surface area contributed by atoms with E-state index in [0.717, 1.165) is 0 Å². The number of aliphatic imine (C=N–C) groups is 8. The summed E-state index contributed by atoms with van der Waals surface area (Å²) < 4.78 is 6.70. The Bertz CT molecular complexity index is 2580. The van der Waals surface area contributed by atoms with Crippen LogP contribution in [-0.2, 0) is 0 Å². The second-order valence-electron chi connectivity index (χ2n) is 11.5. The predicted octanol–water partition coefficient (Wildman–Crippen LogP) is 16.6. The van der Waals surface area contributed by atoms with E-state index in [1.807, 2.05) is 0 Å². The van der Waals surface area contributed by atoms with Crippen LogP contribution in [0.15, 0.2) is 93.6 Å². The molecule has 24 heteroatoms. The van der Waals surface area contributed by atoms with Crippen LogP contribution in [0.5, 0.6) is 0 Å². The first-order valence-corrected chi connectivity index (χ1v) is 25.6. The molecule has 0 atom stereocenters. The highest BCUT2D eigenvalue weighted by molar-refractivity contribution is 9.14. The molecule has 0 amide bonds. The molecular weight excluding hydrogens is 1600 g/mol. The maximum Gasteiger partial charge on any atom is 0.166 e. The van der Waals surface area contributed by atoms with E-state index in [1.165, 1.54) is 0 Å². The minimum atomic E-state index is 0.249. The summed E-state index contributed by atoms with van der Waals surface area (Å²) in [7, 11) is 0. The van der Waals surface area contributed by atoms with Gasteiger partial charge in [0, 0.05) is 80.3 Å². The third-order valence-electron chi connectivity index (χ3n) is 8.55. The van der Waals surface area contributed by atoms with Crippen molar-refractivity contribution >= 4 is 284 Å². The van der Waals surface area contributed by atoms with Gasteiger partial charge in [0.2, 0.25) is 0 Å². The Morgan fingerprint density at radius 2 is 0.321 bits per heavy atom.